The molecule has 2 aromatic heterocycles. The van der Waals surface area contributed by atoms with Gasteiger partial charge in [-0.2, -0.15) is 10.2 Å². The van der Waals surface area contributed by atoms with Crippen molar-refractivity contribution in [1.82, 2.24) is 19.6 Å². The molecule has 0 bridgehead atoms. The predicted octanol–water partition coefficient (Wildman–Crippen LogP) is 6.24. The summed E-state index contributed by atoms with van der Waals surface area (Å²) in [5, 5.41) is 9.38. The molecule has 148 valence electrons. The van der Waals surface area contributed by atoms with Gasteiger partial charge in [-0.3, -0.25) is 9.36 Å². The smallest absolute Gasteiger partial charge is 0.0524 e. The molecule has 27 heavy (non-hydrogen) atoms. The van der Waals surface area contributed by atoms with Gasteiger partial charge in [0, 0.05) is 12.4 Å². The van der Waals surface area contributed by atoms with Crippen LogP contribution in [0.4, 0.5) is 0 Å². The number of aromatic nitrogens is 4. The Kier molecular flexibility index (Phi) is 5.70. The first-order chi connectivity index (χ1) is 13.1. The molecular weight excluding hydrogens is 332 g/mol. The van der Waals surface area contributed by atoms with Crippen LogP contribution in [0.15, 0.2) is 24.8 Å². The van der Waals surface area contributed by atoms with Crippen molar-refractivity contribution in [2.75, 3.05) is 0 Å². The fourth-order valence-corrected chi connectivity index (χ4v) is 5.18. The zero-order valence-electron chi connectivity index (χ0n) is 17.3. The van der Waals surface area contributed by atoms with E-state index in [1.807, 2.05) is 0 Å². The van der Waals surface area contributed by atoms with E-state index < -0.39 is 0 Å². The van der Waals surface area contributed by atoms with Crippen LogP contribution in [0.2, 0.25) is 0 Å². The van der Waals surface area contributed by atoms with E-state index in [1.54, 1.807) is 0 Å². The molecule has 2 aliphatic carbocycles. The van der Waals surface area contributed by atoms with Crippen molar-refractivity contribution >= 4 is 0 Å². The van der Waals surface area contributed by atoms with Crippen LogP contribution in [0.1, 0.15) is 114 Å². The predicted molar refractivity (Wildman–Crippen MR) is 110 cm³/mol. The van der Waals surface area contributed by atoms with Crippen LogP contribution in [0, 0.1) is 5.92 Å². The second kappa shape index (κ2) is 8.20. The van der Waals surface area contributed by atoms with Gasteiger partial charge >= 0.3 is 0 Å². The van der Waals surface area contributed by atoms with Crippen molar-refractivity contribution in [2.45, 2.75) is 102 Å². The van der Waals surface area contributed by atoms with E-state index >= 15 is 0 Å². The van der Waals surface area contributed by atoms with Gasteiger partial charge in [-0.1, -0.05) is 46.5 Å². The average Bonchev–Trinajstić information content (AvgIpc) is 3.42. The molecule has 2 fully saturated rings. The van der Waals surface area contributed by atoms with E-state index in [0.717, 1.165) is 5.92 Å². The molecule has 2 heterocycles. The third kappa shape index (κ3) is 4.30. The maximum Gasteiger partial charge on any atom is 0.0524 e. The third-order valence-electron chi connectivity index (χ3n) is 6.99. The Morgan fingerprint density at radius 1 is 0.852 bits per heavy atom. The molecule has 2 aliphatic rings. The Morgan fingerprint density at radius 3 is 2.19 bits per heavy atom. The first-order valence-electron chi connectivity index (χ1n) is 11.2. The normalized spacial score (nSPS) is 25.3. The zero-order chi connectivity index (χ0) is 18.8. The third-order valence-corrected chi connectivity index (χ3v) is 6.99. The summed E-state index contributed by atoms with van der Waals surface area (Å²) >= 11 is 0. The van der Waals surface area contributed by atoms with Gasteiger partial charge in [0.15, 0.2) is 0 Å². The van der Waals surface area contributed by atoms with Crippen molar-refractivity contribution in [2.24, 2.45) is 5.92 Å². The molecule has 3 atom stereocenters. The molecule has 0 amide bonds. The van der Waals surface area contributed by atoms with Crippen molar-refractivity contribution in [3.05, 3.63) is 35.9 Å². The molecular formula is C23H36N4. The highest BCUT2D eigenvalue weighted by Crippen LogP contribution is 2.38. The number of rotatable bonds is 6. The zero-order valence-corrected chi connectivity index (χ0v) is 17.3. The van der Waals surface area contributed by atoms with Crippen LogP contribution in [-0.4, -0.2) is 19.6 Å². The van der Waals surface area contributed by atoms with Crippen LogP contribution in [0.3, 0.4) is 0 Å². The molecule has 4 nitrogen and oxygen atoms in total. The molecule has 4 rings (SSSR count). The number of nitrogens with zero attached hydrogens (tertiary/aromatic N) is 4. The lowest BCUT2D eigenvalue weighted by atomic mass is 9.79. The summed E-state index contributed by atoms with van der Waals surface area (Å²) in [6, 6.07) is 1.24. The topological polar surface area (TPSA) is 35.6 Å². The molecule has 0 radical (unpaired) electrons. The molecule has 0 aromatic carbocycles. The highest BCUT2D eigenvalue weighted by Gasteiger charge is 2.26. The van der Waals surface area contributed by atoms with Gasteiger partial charge in [0.1, 0.15) is 0 Å². The Hall–Kier alpha value is -1.58. The van der Waals surface area contributed by atoms with E-state index in [-0.39, 0.29) is 0 Å². The first-order valence-corrected chi connectivity index (χ1v) is 11.2. The van der Waals surface area contributed by atoms with Gasteiger partial charge in [-0.05, 0) is 61.0 Å². The lowest BCUT2D eigenvalue weighted by Gasteiger charge is -2.31. The second-order valence-electron chi connectivity index (χ2n) is 9.42. The van der Waals surface area contributed by atoms with Crippen LogP contribution in [-0.2, 0) is 0 Å². The molecule has 0 spiro atoms. The van der Waals surface area contributed by atoms with E-state index in [4.69, 9.17) is 5.10 Å². The minimum atomic E-state index is 0.564. The van der Waals surface area contributed by atoms with Crippen molar-refractivity contribution in [3.8, 4) is 0 Å². The van der Waals surface area contributed by atoms with Gasteiger partial charge in [-0.25, -0.2) is 0 Å². The molecule has 0 N–H and O–H groups in total. The van der Waals surface area contributed by atoms with Crippen LogP contribution in [0.25, 0.3) is 0 Å². The molecule has 0 aliphatic heterocycles. The highest BCUT2D eigenvalue weighted by molar-refractivity contribution is 5.12. The van der Waals surface area contributed by atoms with E-state index in [9.17, 15) is 0 Å². The largest absolute Gasteiger partial charge is 0.269 e. The summed E-state index contributed by atoms with van der Waals surface area (Å²) in [5.74, 6) is 1.97. The number of hydrogen-bond donors (Lipinski definition) is 0. The van der Waals surface area contributed by atoms with Crippen LogP contribution < -0.4 is 0 Å². The summed E-state index contributed by atoms with van der Waals surface area (Å²) in [6.45, 7) is 6.89. The van der Waals surface area contributed by atoms with Gasteiger partial charge in [0.25, 0.3) is 0 Å². The van der Waals surface area contributed by atoms with E-state index in [0.29, 0.717) is 23.9 Å². The molecule has 3 unspecified atom stereocenters. The van der Waals surface area contributed by atoms with E-state index in [1.165, 1.54) is 68.9 Å². The second-order valence-corrected chi connectivity index (χ2v) is 9.42. The van der Waals surface area contributed by atoms with Crippen LogP contribution in [0.5, 0.6) is 0 Å². The van der Waals surface area contributed by atoms with Crippen molar-refractivity contribution < 1.29 is 0 Å². The van der Waals surface area contributed by atoms with E-state index in [2.05, 4.69) is 60.0 Å². The number of hydrogen-bond acceptors (Lipinski definition) is 2. The molecule has 2 saturated carbocycles. The summed E-state index contributed by atoms with van der Waals surface area (Å²) in [7, 11) is 0. The lowest BCUT2D eigenvalue weighted by molar-refractivity contribution is 0.234. The Labute approximate surface area is 164 Å². The quantitative estimate of drug-likeness (QED) is 0.604. The minimum Gasteiger partial charge on any atom is -0.269 e. The monoisotopic (exact) mass is 368 g/mol. The van der Waals surface area contributed by atoms with Gasteiger partial charge < -0.3 is 0 Å². The molecule has 0 saturated heterocycles. The summed E-state index contributed by atoms with van der Waals surface area (Å²) in [5.41, 5.74) is 2.80. The first kappa shape index (κ1) is 18.8. The molecule has 2 aromatic rings. The SMILES string of the molecule is CC(C)c1cnn(C2CCCC(CC(C)c3cnn(C4CCCC4)c3)C2)c1. The average molecular weight is 369 g/mol. The summed E-state index contributed by atoms with van der Waals surface area (Å²) in [4.78, 5) is 0. The lowest BCUT2D eigenvalue weighted by Crippen LogP contribution is -2.20. The van der Waals surface area contributed by atoms with Gasteiger partial charge in [0.05, 0.1) is 24.5 Å². The Bertz CT molecular complexity index is 722. The maximum atomic E-state index is 4.70. The van der Waals surface area contributed by atoms with Gasteiger partial charge in [-0.15, -0.1) is 0 Å². The summed E-state index contributed by atoms with van der Waals surface area (Å²) in [6.07, 6.45) is 20.7. The minimum absolute atomic E-state index is 0.564. The van der Waals surface area contributed by atoms with Crippen LogP contribution >= 0.6 is 0 Å². The van der Waals surface area contributed by atoms with Gasteiger partial charge in [0.2, 0.25) is 0 Å². The van der Waals surface area contributed by atoms with Crippen molar-refractivity contribution in [1.29, 1.82) is 0 Å². The standard InChI is InChI=1S/C23H36N4/c1-17(2)20-13-24-27(15-20)23-10-6-7-19(12-23)11-18(3)21-14-25-26(16-21)22-8-4-5-9-22/h13-19,22-23H,4-12H2,1-3H3. The molecule has 4 heteroatoms. The van der Waals surface area contributed by atoms with Crippen molar-refractivity contribution in [3.63, 3.8) is 0 Å². The fraction of sp³-hybridized carbons (Fsp3) is 0.739. The maximum absolute atomic E-state index is 4.70. The Balaban J connectivity index is 1.35. The summed E-state index contributed by atoms with van der Waals surface area (Å²) < 4.78 is 4.50. The Morgan fingerprint density at radius 2 is 1.48 bits per heavy atom. The highest BCUT2D eigenvalue weighted by atomic mass is 15.3. The fourth-order valence-electron chi connectivity index (χ4n) is 5.18.